The highest BCUT2D eigenvalue weighted by Gasteiger charge is 2.64. The average Bonchev–Trinajstić information content (AvgIpc) is 3.34. The molecule has 5 heteroatoms. The molecule has 2 aromatic rings. The fraction of sp³-hybridized carbons (Fsp3) is 0.414. The van der Waals surface area contributed by atoms with Crippen molar-refractivity contribution >= 4 is 28.4 Å². The lowest BCUT2D eigenvalue weighted by molar-refractivity contribution is -0.142. The Labute approximate surface area is 200 Å². The Hall–Kier alpha value is -3.21. The minimum Gasteiger partial charge on any atom is -0.361 e. The van der Waals surface area contributed by atoms with Gasteiger partial charge in [0.25, 0.3) is 0 Å². The number of hydrogen-bond acceptors (Lipinski definition) is 3. The van der Waals surface area contributed by atoms with E-state index in [0.717, 1.165) is 22.9 Å². The topological polar surface area (TPSA) is 79.0 Å². The Kier molecular flexibility index (Phi) is 5.67. The summed E-state index contributed by atoms with van der Waals surface area (Å²) in [5.74, 6) is -0.849. The van der Waals surface area contributed by atoms with E-state index in [1.165, 1.54) is 17.7 Å². The highest BCUT2D eigenvalue weighted by molar-refractivity contribution is 6.15. The molecule has 176 valence electrons. The van der Waals surface area contributed by atoms with Crippen molar-refractivity contribution in [3.8, 4) is 0 Å². The first-order chi connectivity index (χ1) is 16.3. The van der Waals surface area contributed by atoms with Gasteiger partial charge in [0, 0.05) is 41.4 Å². The Morgan fingerprint density at radius 3 is 2.71 bits per heavy atom. The maximum absolute atomic E-state index is 13.9. The zero-order valence-corrected chi connectivity index (χ0v) is 20.0. The van der Waals surface area contributed by atoms with Crippen molar-refractivity contribution in [1.29, 1.82) is 0 Å². The zero-order valence-electron chi connectivity index (χ0n) is 20.0. The number of para-hydroxylation sites is 1. The van der Waals surface area contributed by atoms with Crippen LogP contribution in [0.25, 0.3) is 10.9 Å². The fourth-order valence-corrected chi connectivity index (χ4v) is 6.43. The van der Waals surface area contributed by atoms with Crippen LogP contribution in [0, 0.1) is 29.1 Å². The van der Waals surface area contributed by atoms with Crippen LogP contribution in [-0.2, 0) is 20.8 Å². The third-order valence-electron chi connectivity index (χ3n) is 8.25. The van der Waals surface area contributed by atoms with Crippen molar-refractivity contribution < 1.29 is 14.4 Å². The first-order valence-corrected chi connectivity index (χ1v) is 12.3. The Balaban J connectivity index is 1.61. The smallest absolute Gasteiger partial charge is 0.235 e. The molecule has 1 aromatic carbocycles. The van der Waals surface area contributed by atoms with Gasteiger partial charge in [0.05, 0.1) is 0 Å². The molecule has 0 unspecified atom stereocenters. The van der Waals surface area contributed by atoms with Gasteiger partial charge in [-0.25, -0.2) is 0 Å². The van der Waals surface area contributed by atoms with Crippen LogP contribution >= 0.6 is 0 Å². The Morgan fingerprint density at radius 1 is 1.09 bits per heavy atom. The van der Waals surface area contributed by atoms with Crippen LogP contribution < -0.4 is 5.32 Å². The quantitative estimate of drug-likeness (QED) is 0.508. The molecular formula is C29H32N2O3. The molecule has 1 fully saturated rings. The molecule has 0 bridgehead atoms. The minimum absolute atomic E-state index is 0.0518. The maximum Gasteiger partial charge on any atom is 0.235 e. The van der Waals surface area contributed by atoms with Gasteiger partial charge in [-0.05, 0) is 55.4 Å². The highest BCUT2D eigenvalue weighted by Crippen LogP contribution is 2.54. The van der Waals surface area contributed by atoms with Gasteiger partial charge in [-0.3, -0.25) is 14.4 Å². The molecule has 34 heavy (non-hydrogen) atoms. The van der Waals surface area contributed by atoms with Crippen molar-refractivity contribution in [2.75, 3.05) is 0 Å². The number of H-pyrrole nitrogens is 1. The lowest BCUT2D eigenvalue weighted by Gasteiger charge is -2.44. The lowest BCUT2D eigenvalue weighted by Crippen LogP contribution is -2.51. The van der Waals surface area contributed by atoms with Crippen molar-refractivity contribution in [2.45, 2.75) is 46.1 Å². The number of ketones is 2. The summed E-state index contributed by atoms with van der Waals surface area (Å²) in [4.78, 5) is 43.4. The molecule has 1 amide bonds. The largest absolute Gasteiger partial charge is 0.361 e. The number of benzene rings is 1. The summed E-state index contributed by atoms with van der Waals surface area (Å²) in [5, 5.41) is 4.37. The van der Waals surface area contributed by atoms with Crippen LogP contribution in [0.3, 0.4) is 0 Å². The van der Waals surface area contributed by atoms with Crippen molar-refractivity contribution in [3.05, 3.63) is 72.0 Å². The molecule has 0 saturated carbocycles. The predicted molar refractivity (Wildman–Crippen MR) is 133 cm³/mol. The third-order valence-corrected chi connectivity index (χ3v) is 8.25. The number of hydrogen-bond donors (Lipinski definition) is 2. The maximum atomic E-state index is 13.9. The predicted octanol–water partition coefficient (Wildman–Crippen LogP) is 4.70. The molecule has 1 aromatic heterocycles. The number of amides is 1. The van der Waals surface area contributed by atoms with Crippen LogP contribution in [0.15, 0.2) is 66.4 Å². The van der Waals surface area contributed by atoms with E-state index in [1.807, 2.05) is 37.4 Å². The molecule has 5 nitrogen and oxygen atoms in total. The summed E-state index contributed by atoms with van der Waals surface area (Å²) in [6.07, 6.45) is 12.8. The van der Waals surface area contributed by atoms with E-state index in [2.05, 4.69) is 42.4 Å². The first kappa shape index (κ1) is 22.6. The second kappa shape index (κ2) is 8.53. The van der Waals surface area contributed by atoms with Gasteiger partial charge in [-0.2, -0.15) is 0 Å². The average molecular weight is 457 g/mol. The summed E-state index contributed by atoms with van der Waals surface area (Å²) in [7, 11) is 0. The molecule has 1 saturated heterocycles. The summed E-state index contributed by atoms with van der Waals surface area (Å²) in [6.45, 7) is 6.26. The first-order valence-electron chi connectivity index (χ1n) is 12.3. The van der Waals surface area contributed by atoms with Crippen molar-refractivity contribution in [1.82, 2.24) is 10.3 Å². The molecule has 2 heterocycles. The molecule has 1 spiro atoms. The van der Waals surface area contributed by atoms with E-state index in [9.17, 15) is 14.4 Å². The van der Waals surface area contributed by atoms with Crippen molar-refractivity contribution in [2.24, 2.45) is 29.1 Å². The summed E-state index contributed by atoms with van der Waals surface area (Å²) in [6, 6.07) is 7.96. The molecular weight excluding hydrogens is 424 g/mol. The third kappa shape index (κ3) is 3.49. The molecule has 2 N–H and O–H groups in total. The van der Waals surface area contributed by atoms with E-state index in [1.54, 1.807) is 0 Å². The number of nitrogens with one attached hydrogen (secondary N) is 2. The molecule has 3 aliphatic rings. The summed E-state index contributed by atoms with van der Waals surface area (Å²) in [5.41, 5.74) is 2.16. The second-order valence-electron chi connectivity index (χ2n) is 10.4. The highest BCUT2D eigenvalue weighted by atomic mass is 16.2. The van der Waals surface area contributed by atoms with Gasteiger partial charge < -0.3 is 10.3 Å². The standard InChI is InChI=1S/C29H32N2O3/c1-17-7-6-8-21-14-18(2)19(3)27-25(15-20-16-30-24-10-5-4-9-23(20)24)31-28(34)29(21,27)26(33)12-11-22(32)13-17/h4-6,8-12,14,16-17,19,21,25,27,30H,7,13,15H2,1-3H3,(H,31,34)/b8-6+,12-11+/t17-,19+,21-,25-,27-,29+/m0/s1. The number of aromatic amines is 1. The van der Waals surface area contributed by atoms with Gasteiger partial charge in [0.15, 0.2) is 11.6 Å². The van der Waals surface area contributed by atoms with E-state index < -0.39 is 5.41 Å². The number of fused-ring (bicyclic) bond motifs is 1. The van der Waals surface area contributed by atoms with Gasteiger partial charge in [0.1, 0.15) is 5.41 Å². The molecule has 5 rings (SSSR count). The van der Waals surface area contributed by atoms with Crippen LogP contribution in [0.4, 0.5) is 0 Å². The van der Waals surface area contributed by atoms with Crippen LogP contribution in [0.1, 0.15) is 39.2 Å². The van der Waals surface area contributed by atoms with E-state index >= 15 is 0 Å². The number of carbonyl (C=O) groups excluding carboxylic acids is 3. The van der Waals surface area contributed by atoms with Gasteiger partial charge in [-0.1, -0.05) is 55.8 Å². The molecule has 6 atom stereocenters. The summed E-state index contributed by atoms with van der Waals surface area (Å²) >= 11 is 0. The molecule has 0 radical (unpaired) electrons. The number of aromatic nitrogens is 1. The number of carbonyl (C=O) groups is 3. The van der Waals surface area contributed by atoms with Crippen LogP contribution in [-0.4, -0.2) is 28.5 Å². The summed E-state index contributed by atoms with van der Waals surface area (Å²) < 4.78 is 0. The zero-order chi connectivity index (χ0) is 24.0. The minimum atomic E-state index is -1.24. The van der Waals surface area contributed by atoms with Gasteiger partial charge in [0.2, 0.25) is 5.91 Å². The molecule has 1 aliphatic heterocycles. The van der Waals surface area contributed by atoms with Crippen LogP contribution in [0.5, 0.6) is 0 Å². The normalized spacial score (nSPS) is 35.7. The fourth-order valence-electron chi connectivity index (χ4n) is 6.43. The molecule has 2 aliphatic carbocycles. The number of rotatable bonds is 2. The van der Waals surface area contributed by atoms with Gasteiger partial charge >= 0.3 is 0 Å². The SMILES string of the molecule is CC1=C[C@@H]2/C=C/C[C@H](C)CC(=O)/C=C/C(=O)[C@]23C(=O)N[C@@H](Cc2c[nH]c4ccccc24)[C@@H]3[C@@H]1C. The van der Waals surface area contributed by atoms with Crippen LogP contribution in [0.2, 0.25) is 0 Å². The van der Waals surface area contributed by atoms with Gasteiger partial charge in [-0.15, -0.1) is 0 Å². The monoisotopic (exact) mass is 456 g/mol. The van der Waals surface area contributed by atoms with E-state index in [-0.39, 0.29) is 47.2 Å². The second-order valence-corrected chi connectivity index (χ2v) is 10.4. The number of allylic oxidation sites excluding steroid dienone is 6. The van der Waals surface area contributed by atoms with E-state index in [4.69, 9.17) is 0 Å². The van der Waals surface area contributed by atoms with Crippen molar-refractivity contribution in [3.63, 3.8) is 0 Å². The lowest BCUT2D eigenvalue weighted by atomic mass is 9.55. The van der Waals surface area contributed by atoms with E-state index in [0.29, 0.717) is 12.8 Å². The Morgan fingerprint density at radius 2 is 1.88 bits per heavy atom. The Bertz CT molecular complexity index is 1250.